The van der Waals surface area contributed by atoms with Gasteiger partial charge in [0.1, 0.15) is 12.4 Å². The summed E-state index contributed by atoms with van der Waals surface area (Å²) in [6.45, 7) is 7.58. The van der Waals surface area contributed by atoms with Crippen LogP contribution in [0, 0.1) is 13.8 Å². The molecule has 10 nitrogen and oxygen atoms in total. The van der Waals surface area contributed by atoms with Crippen molar-refractivity contribution in [3.05, 3.63) is 90.0 Å². The second-order valence-corrected chi connectivity index (χ2v) is 8.34. The molecule has 0 aromatic heterocycles. The fraction of sp³-hybridized carbons (Fsp3) is 0.172. The van der Waals surface area contributed by atoms with Crippen molar-refractivity contribution in [3.63, 3.8) is 0 Å². The molecule has 3 amide bonds. The van der Waals surface area contributed by atoms with Gasteiger partial charge in [-0.1, -0.05) is 24.8 Å². The lowest BCUT2D eigenvalue weighted by atomic mass is 10.1. The number of hydrogen-bond donors (Lipinski definition) is 3. The molecule has 3 N–H and O–H groups in total. The van der Waals surface area contributed by atoms with Gasteiger partial charge in [0.2, 0.25) is 0 Å². The number of ether oxygens (including phenoxy) is 3. The number of aryl methyl sites for hydroxylation is 2. The summed E-state index contributed by atoms with van der Waals surface area (Å²) in [6, 6.07) is 17.2. The van der Waals surface area contributed by atoms with Crippen molar-refractivity contribution in [3.8, 4) is 17.2 Å². The molecule has 39 heavy (non-hydrogen) atoms. The zero-order valence-electron chi connectivity index (χ0n) is 21.9. The Balaban J connectivity index is 1.51. The second kappa shape index (κ2) is 14.0. The largest absolute Gasteiger partial charge is 0.493 e. The Kier molecular flexibility index (Phi) is 10.2. The van der Waals surface area contributed by atoms with Gasteiger partial charge in [0, 0.05) is 11.4 Å². The molecule has 0 saturated heterocycles. The molecule has 0 fully saturated rings. The van der Waals surface area contributed by atoms with E-state index in [1.807, 2.05) is 32.0 Å². The minimum atomic E-state index is -0.944. The second-order valence-electron chi connectivity index (χ2n) is 8.34. The molecule has 0 saturated carbocycles. The summed E-state index contributed by atoms with van der Waals surface area (Å²) >= 11 is 0. The van der Waals surface area contributed by atoms with Crippen molar-refractivity contribution >= 4 is 35.3 Å². The van der Waals surface area contributed by atoms with E-state index in [9.17, 15) is 14.4 Å². The van der Waals surface area contributed by atoms with E-state index in [0.717, 1.165) is 16.8 Å². The highest BCUT2D eigenvalue weighted by Gasteiger charge is 2.13. The first-order valence-electron chi connectivity index (χ1n) is 11.9. The maximum absolute atomic E-state index is 12.4. The fourth-order valence-corrected chi connectivity index (χ4v) is 3.28. The summed E-state index contributed by atoms with van der Waals surface area (Å²) in [5, 5.41) is 9.13. The van der Waals surface area contributed by atoms with Crippen molar-refractivity contribution in [2.45, 2.75) is 13.8 Å². The first kappa shape index (κ1) is 28.5. The van der Waals surface area contributed by atoms with Crippen molar-refractivity contribution in [1.29, 1.82) is 0 Å². The molecule has 3 rings (SSSR count). The zero-order chi connectivity index (χ0) is 28.2. The summed E-state index contributed by atoms with van der Waals surface area (Å²) in [4.78, 5) is 36.6. The number of hydrazone groups is 1. The van der Waals surface area contributed by atoms with E-state index in [4.69, 9.17) is 14.2 Å². The van der Waals surface area contributed by atoms with Gasteiger partial charge in [0.25, 0.3) is 5.91 Å². The summed E-state index contributed by atoms with van der Waals surface area (Å²) in [5.74, 6) is -0.811. The Hall–Kier alpha value is -5.12. The van der Waals surface area contributed by atoms with Crippen molar-refractivity contribution in [1.82, 2.24) is 5.43 Å². The third kappa shape index (κ3) is 8.74. The van der Waals surface area contributed by atoms with Crippen LogP contribution in [0.5, 0.6) is 17.2 Å². The fourth-order valence-electron chi connectivity index (χ4n) is 3.28. The highest BCUT2D eigenvalue weighted by atomic mass is 16.5. The van der Waals surface area contributed by atoms with E-state index in [0.29, 0.717) is 35.1 Å². The van der Waals surface area contributed by atoms with Crippen LogP contribution in [0.4, 0.5) is 11.4 Å². The van der Waals surface area contributed by atoms with Gasteiger partial charge < -0.3 is 24.8 Å². The molecule has 3 aromatic rings. The summed E-state index contributed by atoms with van der Waals surface area (Å²) in [6.07, 6.45) is 2.96. The minimum absolute atomic E-state index is 0.215. The lowest BCUT2D eigenvalue weighted by molar-refractivity contribution is -0.136. The Morgan fingerprint density at radius 3 is 2.38 bits per heavy atom. The summed E-state index contributed by atoms with van der Waals surface area (Å²) in [5.41, 5.74) is 5.87. The van der Waals surface area contributed by atoms with E-state index in [1.165, 1.54) is 13.3 Å². The summed E-state index contributed by atoms with van der Waals surface area (Å²) in [7, 11) is 1.46. The van der Waals surface area contributed by atoms with Crippen LogP contribution in [0.2, 0.25) is 0 Å². The van der Waals surface area contributed by atoms with Gasteiger partial charge in [-0.05, 0) is 79.1 Å². The number of hydrogen-bond acceptors (Lipinski definition) is 7. The van der Waals surface area contributed by atoms with E-state index >= 15 is 0 Å². The quantitative estimate of drug-likeness (QED) is 0.149. The van der Waals surface area contributed by atoms with Gasteiger partial charge in [-0.15, -0.1) is 0 Å². The number of nitrogens with zero attached hydrogens (tertiary/aromatic N) is 1. The molecule has 0 spiro atoms. The van der Waals surface area contributed by atoms with E-state index in [-0.39, 0.29) is 12.5 Å². The number of amides is 3. The molecule has 202 valence electrons. The topological polar surface area (TPSA) is 127 Å². The van der Waals surface area contributed by atoms with Gasteiger partial charge in [-0.3, -0.25) is 14.4 Å². The molecular formula is C29H30N4O6. The standard InChI is InChI=1S/C29H30N4O6/c1-5-14-38-23-11-9-22(10-12-23)31-28(35)29(36)33-30-17-21-8-13-25(26(16-21)37-4)39-18-27(34)32-24-15-19(2)6-7-20(24)3/h5-13,15-17H,1,14,18H2,2-4H3,(H,31,35)(H,32,34)(H,33,36)/b30-17-. The number of nitrogens with one attached hydrogen (secondary N) is 3. The van der Waals surface area contributed by atoms with Gasteiger partial charge in [-0.25, -0.2) is 5.43 Å². The molecule has 0 bridgehead atoms. The molecule has 0 aliphatic carbocycles. The molecule has 0 atom stereocenters. The normalized spacial score (nSPS) is 10.4. The van der Waals surface area contributed by atoms with Crippen LogP contribution in [0.1, 0.15) is 16.7 Å². The third-order valence-corrected chi connectivity index (χ3v) is 5.28. The van der Waals surface area contributed by atoms with Crippen LogP contribution in [0.15, 0.2) is 78.4 Å². The Morgan fingerprint density at radius 1 is 0.897 bits per heavy atom. The predicted molar refractivity (Wildman–Crippen MR) is 150 cm³/mol. The van der Waals surface area contributed by atoms with Crippen LogP contribution in [0.3, 0.4) is 0 Å². The smallest absolute Gasteiger partial charge is 0.329 e. The predicted octanol–water partition coefficient (Wildman–Crippen LogP) is 3.98. The maximum Gasteiger partial charge on any atom is 0.329 e. The number of rotatable bonds is 11. The highest BCUT2D eigenvalue weighted by molar-refractivity contribution is 6.39. The molecule has 10 heteroatoms. The van der Waals surface area contributed by atoms with Crippen LogP contribution >= 0.6 is 0 Å². The monoisotopic (exact) mass is 530 g/mol. The Morgan fingerprint density at radius 2 is 1.67 bits per heavy atom. The number of methoxy groups -OCH3 is 1. The van der Waals surface area contributed by atoms with E-state index in [1.54, 1.807) is 48.5 Å². The molecule has 0 radical (unpaired) electrons. The Labute approximate surface area is 226 Å². The number of benzene rings is 3. The van der Waals surface area contributed by atoms with Crippen LogP contribution in [-0.2, 0) is 14.4 Å². The lowest BCUT2D eigenvalue weighted by Crippen LogP contribution is -2.32. The molecule has 3 aromatic carbocycles. The van der Waals surface area contributed by atoms with Gasteiger partial charge in [-0.2, -0.15) is 5.10 Å². The molecular weight excluding hydrogens is 500 g/mol. The third-order valence-electron chi connectivity index (χ3n) is 5.28. The average Bonchev–Trinajstić information content (AvgIpc) is 2.93. The van der Waals surface area contributed by atoms with Gasteiger partial charge in [0.15, 0.2) is 18.1 Å². The molecule has 0 aliphatic rings. The van der Waals surface area contributed by atoms with Crippen LogP contribution in [0.25, 0.3) is 0 Å². The van der Waals surface area contributed by atoms with E-state index in [2.05, 4.69) is 27.7 Å². The molecule has 0 heterocycles. The maximum atomic E-state index is 12.4. The number of carbonyl (C=O) groups excluding carboxylic acids is 3. The average molecular weight is 531 g/mol. The van der Waals surface area contributed by atoms with Gasteiger partial charge in [0.05, 0.1) is 13.3 Å². The SMILES string of the molecule is C=CCOc1ccc(NC(=O)C(=O)N/N=C\c2ccc(OCC(=O)Nc3cc(C)ccc3C)c(OC)c2)cc1. The highest BCUT2D eigenvalue weighted by Crippen LogP contribution is 2.27. The first-order chi connectivity index (χ1) is 18.8. The van der Waals surface area contributed by atoms with E-state index < -0.39 is 11.8 Å². The lowest BCUT2D eigenvalue weighted by Gasteiger charge is -2.12. The van der Waals surface area contributed by atoms with Crippen LogP contribution < -0.4 is 30.3 Å². The molecule has 0 unspecified atom stereocenters. The zero-order valence-corrected chi connectivity index (χ0v) is 21.9. The number of carbonyl (C=O) groups is 3. The van der Waals surface area contributed by atoms with Crippen molar-refractivity contribution in [2.24, 2.45) is 5.10 Å². The van der Waals surface area contributed by atoms with Crippen molar-refractivity contribution in [2.75, 3.05) is 31.0 Å². The number of anilines is 2. The van der Waals surface area contributed by atoms with Crippen LogP contribution in [-0.4, -0.2) is 44.3 Å². The van der Waals surface area contributed by atoms with Gasteiger partial charge >= 0.3 is 11.8 Å². The molecule has 0 aliphatic heterocycles. The summed E-state index contributed by atoms with van der Waals surface area (Å²) < 4.78 is 16.3. The minimum Gasteiger partial charge on any atom is -0.493 e. The van der Waals surface area contributed by atoms with Crippen molar-refractivity contribution < 1.29 is 28.6 Å². The first-order valence-corrected chi connectivity index (χ1v) is 11.9. The Bertz CT molecular complexity index is 1370.